The first-order valence-corrected chi connectivity index (χ1v) is 6.37. The van der Waals surface area contributed by atoms with Crippen LogP contribution in [0.1, 0.15) is 30.1 Å². The zero-order chi connectivity index (χ0) is 12.1. The average Bonchev–Trinajstić information content (AvgIpc) is 2.57. The van der Waals surface area contributed by atoms with Gasteiger partial charge in [0, 0.05) is 0 Å². The molecule has 0 spiro atoms. The quantitative estimate of drug-likeness (QED) is 0.837. The second-order valence-electron chi connectivity index (χ2n) is 3.22. The van der Waals surface area contributed by atoms with Crippen molar-refractivity contribution in [2.75, 3.05) is 0 Å². The van der Waals surface area contributed by atoms with E-state index >= 15 is 0 Å². The molecule has 16 heavy (non-hydrogen) atoms. The minimum atomic E-state index is -0.274. The van der Waals surface area contributed by atoms with Gasteiger partial charge in [-0.1, -0.05) is 42.5 Å². The fourth-order valence-electron chi connectivity index (χ4n) is 1.22. The van der Waals surface area contributed by atoms with Gasteiger partial charge in [0.05, 0.1) is 15.9 Å². The first-order valence-electron chi connectivity index (χ1n) is 4.80. The highest BCUT2D eigenvalue weighted by atomic mass is 35.5. The minimum Gasteiger partial charge on any atom is -0.338 e. The monoisotopic (exact) mass is 275 g/mol. The average molecular weight is 276 g/mol. The van der Waals surface area contributed by atoms with E-state index in [1.54, 1.807) is 6.07 Å². The van der Waals surface area contributed by atoms with Crippen LogP contribution in [0.25, 0.3) is 0 Å². The van der Waals surface area contributed by atoms with E-state index in [9.17, 15) is 4.79 Å². The molecule has 5 heteroatoms. The lowest BCUT2D eigenvalue weighted by Crippen LogP contribution is -2.33. The maximum absolute atomic E-state index is 11.8. The molecule has 0 fully saturated rings. The lowest BCUT2D eigenvalue weighted by atomic mass is 10.1. The first kappa shape index (κ1) is 13.4. The van der Waals surface area contributed by atoms with Crippen molar-refractivity contribution in [3.8, 4) is 12.3 Å². The number of carbonyl (C=O) groups excluding carboxylic acids is 1. The summed E-state index contributed by atoms with van der Waals surface area (Å²) in [5.74, 6) is 2.25. The molecule has 86 valence electrons. The van der Waals surface area contributed by atoms with Crippen molar-refractivity contribution in [3.05, 3.63) is 20.3 Å². The Hall–Kier alpha value is -0.690. The standard InChI is InChI=1S/C11H11Cl2NOS/c1-3-5-7(4-2)14-11(15)8-6-9(12)16-10(8)13/h2,6-7H,3,5H2,1H3,(H,14,15). The van der Waals surface area contributed by atoms with E-state index in [0.29, 0.717) is 14.2 Å². The summed E-state index contributed by atoms with van der Waals surface area (Å²) in [5.41, 5.74) is 0.382. The maximum atomic E-state index is 11.8. The molecule has 0 saturated heterocycles. The van der Waals surface area contributed by atoms with Crippen LogP contribution in [0.2, 0.25) is 8.67 Å². The molecule has 1 N–H and O–H groups in total. The predicted molar refractivity (Wildman–Crippen MR) is 69.3 cm³/mol. The fourth-order valence-corrected chi connectivity index (χ4v) is 2.68. The van der Waals surface area contributed by atoms with E-state index < -0.39 is 0 Å². The number of hydrogen-bond acceptors (Lipinski definition) is 2. The van der Waals surface area contributed by atoms with Crippen LogP contribution in [-0.2, 0) is 0 Å². The third-order valence-electron chi connectivity index (χ3n) is 1.99. The molecular weight excluding hydrogens is 265 g/mol. The Morgan fingerprint density at radius 2 is 2.38 bits per heavy atom. The van der Waals surface area contributed by atoms with E-state index in [2.05, 4.69) is 11.2 Å². The van der Waals surface area contributed by atoms with Crippen LogP contribution in [0.15, 0.2) is 6.07 Å². The normalized spacial score (nSPS) is 11.9. The Bertz CT molecular complexity index is 422. The summed E-state index contributed by atoms with van der Waals surface area (Å²) >= 11 is 12.8. The number of thiophene rings is 1. The molecule has 0 aliphatic heterocycles. The Kier molecular flexibility index (Phi) is 5.14. The van der Waals surface area contributed by atoms with E-state index in [1.165, 1.54) is 0 Å². The number of carbonyl (C=O) groups is 1. The van der Waals surface area contributed by atoms with E-state index in [0.717, 1.165) is 24.2 Å². The van der Waals surface area contributed by atoms with Crippen LogP contribution in [0, 0.1) is 12.3 Å². The molecule has 0 aliphatic carbocycles. The summed E-state index contributed by atoms with van der Waals surface area (Å²) < 4.78 is 0.873. The van der Waals surface area contributed by atoms with Crippen LogP contribution >= 0.6 is 34.5 Å². The van der Waals surface area contributed by atoms with Crippen LogP contribution in [0.4, 0.5) is 0 Å². The summed E-state index contributed by atoms with van der Waals surface area (Å²) in [5, 5.41) is 2.73. The molecule has 0 radical (unpaired) electrons. The van der Waals surface area contributed by atoms with Gasteiger partial charge in [0.1, 0.15) is 4.34 Å². The summed E-state index contributed by atoms with van der Waals surface area (Å²) in [6, 6.07) is 1.29. The summed E-state index contributed by atoms with van der Waals surface area (Å²) in [6.07, 6.45) is 6.97. The van der Waals surface area contributed by atoms with E-state index in [1.807, 2.05) is 6.92 Å². The van der Waals surface area contributed by atoms with Crippen molar-refractivity contribution in [3.63, 3.8) is 0 Å². The first-order chi connectivity index (χ1) is 7.58. The zero-order valence-corrected chi connectivity index (χ0v) is 11.0. The number of halogens is 2. The fraction of sp³-hybridized carbons (Fsp3) is 0.364. The van der Waals surface area contributed by atoms with E-state index in [4.69, 9.17) is 29.6 Å². The van der Waals surface area contributed by atoms with Crippen molar-refractivity contribution >= 4 is 40.4 Å². The Morgan fingerprint density at radius 3 is 2.81 bits per heavy atom. The highest BCUT2D eigenvalue weighted by Gasteiger charge is 2.16. The van der Waals surface area contributed by atoms with Crippen molar-refractivity contribution < 1.29 is 4.79 Å². The van der Waals surface area contributed by atoms with Crippen LogP contribution in [0.5, 0.6) is 0 Å². The number of amides is 1. The predicted octanol–water partition coefficient (Wildman–Crippen LogP) is 3.59. The molecule has 1 atom stereocenters. The second kappa shape index (κ2) is 6.15. The maximum Gasteiger partial charge on any atom is 0.254 e. The smallest absolute Gasteiger partial charge is 0.254 e. The SMILES string of the molecule is C#CC(CCC)NC(=O)c1cc(Cl)sc1Cl. The van der Waals surface area contributed by atoms with Gasteiger partial charge < -0.3 is 5.32 Å². The Morgan fingerprint density at radius 1 is 1.69 bits per heavy atom. The van der Waals surface area contributed by atoms with Crippen LogP contribution in [0.3, 0.4) is 0 Å². The molecule has 1 rings (SSSR count). The topological polar surface area (TPSA) is 29.1 Å². The number of hydrogen-bond donors (Lipinski definition) is 1. The lowest BCUT2D eigenvalue weighted by molar-refractivity contribution is 0.0945. The van der Waals surface area contributed by atoms with Crippen molar-refractivity contribution in [2.24, 2.45) is 0 Å². The Labute approximate surface area is 109 Å². The second-order valence-corrected chi connectivity index (χ2v) is 5.50. The van der Waals surface area contributed by atoms with Gasteiger partial charge in [-0.05, 0) is 12.5 Å². The third kappa shape index (κ3) is 3.41. The van der Waals surface area contributed by atoms with Crippen LogP contribution < -0.4 is 5.32 Å². The summed E-state index contributed by atoms with van der Waals surface area (Å²) in [6.45, 7) is 2.00. The van der Waals surface area contributed by atoms with Gasteiger partial charge in [-0.15, -0.1) is 17.8 Å². The zero-order valence-electron chi connectivity index (χ0n) is 8.72. The number of rotatable bonds is 4. The molecule has 1 amide bonds. The van der Waals surface area contributed by atoms with Crippen molar-refractivity contribution in [2.45, 2.75) is 25.8 Å². The van der Waals surface area contributed by atoms with E-state index in [-0.39, 0.29) is 11.9 Å². The molecule has 1 unspecified atom stereocenters. The van der Waals surface area contributed by atoms with Gasteiger partial charge in [-0.25, -0.2) is 0 Å². The van der Waals surface area contributed by atoms with Gasteiger partial charge in [0.2, 0.25) is 0 Å². The van der Waals surface area contributed by atoms with Crippen molar-refractivity contribution in [1.29, 1.82) is 0 Å². The molecule has 0 saturated carbocycles. The highest BCUT2D eigenvalue weighted by Crippen LogP contribution is 2.31. The van der Waals surface area contributed by atoms with Crippen molar-refractivity contribution in [1.82, 2.24) is 5.32 Å². The summed E-state index contributed by atoms with van der Waals surface area (Å²) in [4.78, 5) is 11.8. The molecule has 1 aromatic rings. The van der Waals surface area contributed by atoms with Gasteiger partial charge in [0.25, 0.3) is 5.91 Å². The number of nitrogens with one attached hydrogen (secondary N) is 1. The largest absolute Gasteiger partial charge is 0.338 e. The molecule has 1 aromatic heterocycles. The molecule has 0 bridgehead atoms. The summed E-state index contributed by atoms with van der Waals surface area (Å²) in [7, 11) is 0. The minimum absolute atomic E-state index is 0.257. The molecule has 1 heterocycles. The molecule has 0 aliphatic rings. The molecule has 2 nitrogen and oxygen atoms in total. The highest BCUT2D eigenvalue weighted by molar-refractivity contribution is 7.20. The molecular formula is C11H11Cl2NOS. The molecule has 0 aromatic carbocycles. The van der Waals surface area contributed by atoms with Gasteiger partial charge >= 0.3 is 0 Å². The van der Waals surface area contributed by atoms with Gasteiger partial charge in [-0.2, -0.15) is 0 Å². The van der Waals surface area contributed by atoms with Gasteiger partial charge in [0.15, 0.2) is 0 Å². The Balaban J connectivity index is 2.72. The van der Waals surface area contributed by atoms with Crippen LogP contribution in [-0.4, -0.2) is 11.9 Å². The number of terminal acetylenes is 1. The lowest BCUT2D eigenvalue weighted by Gasteiger charge is -2.11. The van der Waals surface area contributed by atoms with Gasteiger partial charge in [-0.3, -0.25) is 4.79 Å². The third-order valence-corrected chi connectivity index (χ3v) is 3.47.